The molecule has 0 spiro atoms. The largest absolute Gasteiger partial charge is 0.493 e. The minimum absolute atomic E-state index is 0.121. The first-order chi connectivity index (χ1) is 13.0. The van der Waals surface area contributed by atoms with E-state index < -0.39 is 5.41 Å². The topological polar surface area (TPSA) is 38.3 Å². The molecule has 0 radical (unpaired) electrons. The Morgan fingerprint density at radius 1 is 1.04 bits per heavy atom. The molecule has 1 aliphatic rings. The summed E-state index contributed by atoms with van der Waals surface area (Å²) in [6.45, 7) is 8.79. The van der Waals surface area contributed by atoms with Crippen molar-refractivity contribution in [2.24, 2.45) is 0 Å². The Morgan fingerprint density at radius 2 is 1.70 bits per heavy atom. The van der Waals surface area contributed by atoms with Crippen LogP contribution in [0.3, 0.4) is 0 Å². The Balaban J connectivity index is 1.92. The predicted molar refractivity (Wildman–Crippen MR) is 112 cm³/mol. The van der Waals surface area contributed by atoms with Crippen LogP contribution in [-0.4, -0.2) is 12.5 Å². The number of carbonyl (C=O) groups is 1. The van der Waals surface area contributed by atoms with Crippen LogP contribution in [0.5, 0.6) is 5.75 Å². The van der Waals surface area contributed by atoms with E-state index in [9.17, 15) is 4.79 Å². The van der Waals surface area contributed by atoms with Crippen molar-refractivity contribution in [3.8, 4) is 5.75 Å². The highest BCUT2D eigenvalue weighted by Crippen LogP contribution is 2.41. The van der Waals surface area contributed by atoms with Crippen molar-refractivity contribution in [3.63, 3.8) is 0 Å². The Bertz CT molecular complexity index is 796. The predicted octanol–water partition coefficient (Wildman–Crippen LogP) is 5.85. The molecule has 0 atom stereocenters. The molecular weight excluding hydrogens is 334 g/mol. The molecule has 0 unspecified atom stereocenters. The third kappa shape index (κ3) is 4.02. The van der Waals surface area contributed by atoms with Crippen molar-refractivity contribution in [3.05, 3.63) is 58.7 Å². The number of anilines is 1. The van der Waals surface area contributed by atoms with Gasteiger partial charge in [0, 0.05) is 5.69 Å². The van der Waals surface area contributed by atoms with Gasteiger partial charge in [-0.1, -0.05) is 49.1 Å². The SMILES string of the molecule is CCOc1c(C)cc(NC(=O)C2(c3cccc(C)c3)CCCCC2)cc1C. The first kappa shape index (κ1) is 19.5. The molecule has 0 heterocycles. The molecular formula is C24H31NO2. The smallest absolute Gasteiger partial charge is 0.235 e. The highest BCUT2D eigenvalue weighted by atomic mass is 16.5. The lowest BCUT2D eigenvalue weighted by Crippen LogP contribution is -2.42. The number of rotatable bonds is 5. The second-order valence-electron chi connectivity index (χ2n) is 7.84. The lowest BCUT2D eigenvalue weighted by molar-refractivity contribution is -0.122. The number of nitrogens with one attached hydrogen (secondary N) is 1. The Hall–Kier alpha value is -2.29. The molecule has 144 valence electrons. The van der Waals surface area contributed by atoms with Gasteiger partial charge in [0.1, 0.15) is 5.75 Å². The minimum Gasteiger partial charge on any atom is -0.493 e. The van der Waals surface area contributed by atoms with Gasteiger partial charge in [-0.2, -0.15) is 0 Å². The van der Waals surface area contributed by atoms with E-state index in [0.717, 1.165) is 53.8 Å². The summed E-state index contributed by atoms with van der Waals surface area (Å²) >= 11 is 0. The van der Waals surface area contributed by atoms with Gasteiger partial charge in [0.05, 0.1) is 12.0 Å². The molecule has 3 heteroatoms. The van der Waals surface area contributed by atoms with Crippen molar-refractivity contribution in [1.82, 2.24) is 0 Å². The molecule has 1 amide bonds. The average Bonchev–Trinajstić information content (AvgIpc) is 2.65. The fourth-order valence-electron chi connectivity index (χ4n) is 4.39. The number of hydrogen-bond donors (Lipinski definition) is 1. The van der Waals surface area contributed by atoms with Crippen LogP contribution < -0.4 is 10.1 Å². The van der Waals surface area contributed by atoms with Gasteiger partial charge in [-0.3, -0.25) is 4.79 Å². The van der Waals surface area contributed by atoms with Crippen LogP contribution in [0.4, 0.5) is 5.69 Å². The van der Waals surface area contributed by atoms with E-state index in [1.165, 1.54) is 12.0 Å². The molecule has 0 saturated heterocycles. The summed E-state index contributed by atoms with van der Waals surface area (Å²) in [5, 5.41) is 3.23. The van der Waals surface area contributed by atoms with Gasteiger partial charge in [0.15, 0.2) is 0 Å². The van der Waals surface area contributed by atoms with Crippen LogP contribution in [-0.2, 0) is 10.2 Å². The van der Waals surface area contributed by atoms with Gasteiger partial charge >= 0.3 is 0 Å². The van der Waals surface area contributed by atoms with Crippen LogP contribution in [0, 0.1) is 20.8 Å². The standard InChI is InChI=1S/C24H31NO2/c1-5-27-22-18(3)15-21(16-19(22)4)25-23(26)24(12-7-6-8-13-24)20-11-9-10-17(2)14-20/h9-11,14-16H,5-8,12-13H2,1-4H3,(H,25,26). The number of hydrogen-bond acceptors (Lipinski definition) is 2. The Morgan fingerprint density at radius 3 is 2.30 bits per heavy atom. The van der Waals surface area contributed by atoms with E-state index in [0.29, 0.717) is 6.61 Å². The lowest BCUT2D eigenvalue weighted by Gasteiger charge is -2.36. The van der Waals surface area contributed by atoms with Gasteiger partial charge in [0.2, 0.25) is 5.91 Å². The van der Waals surface area contributed by atoms with Crippen molar-refractivity contribution in [2.45, 2.75) is 65.2 Å². The molecule has 1 aliphatic carbocycles. The summed E-state index contributed by atoms with van der Waals surface area (Å²) in [4.78, 5) is 13.5. The van der Waals surface area contributed by atoms with Crippen LogP contribution in [0.15, 0.2) is 36.4 Å². The fourth-order valence-corrected chi connectivity index (χ4v) is 4.39. The molecule has 0 bridgehead atoms. The molecule has 3 nitrogen and oxygen atoms in total. The second kappa shape index (κ2) is 8.16. The monoisotopic (exact) mass is 365 g/mol. The number of carbonyl (C=O) groups excluding carboxylic acids is 1. The molecule has 1 N–H and O–H groups in total. The molecule has 1 saturated carbocycles. The minimum atomic E-state index is -0.426. The molecule has 2 aromatic rings. The highest BCUT2D eigenvalue weighted by molar-refractivity contribution is 5.99. The molecule has 27 heavy (non-hydrogen) atoms. The summed E-state index contributed by atoms with van der Waals surface area (Å²) in [5.74, 6) is 1.04. The van der Waals surface area contributed by atoms with E-state index in [1.54, 1.807) is 0 Å². The third-order valence-corrected chi connectivity index (χ3v) is 5.72. The van der Waals surface area contributed by atoms with Crippen LogP contribution in [0.25, 0.3) is 0 Å². The van der Waals surface area contributed by atoms with Gasteiger partial charge < -0.3 is 10.1 Å². The summed E-state index contributed by atoms with van der Waals surface area (Å²) in [6, 6.07) is 12.5. The molecule has 3 rings (SSSR count). The van der Waals surface area contributed by atoms with E-state index in [-0.39, 0.29) is 5.91 Å². The zero-order chi connectivity index (χ0) is 19.4. The summed E-state index contributed by atoms with van der Waals surface area (Å²) in [5.41, 5.74) is 4.90. The van der Waals surface area contributed by atoms with E-state index in [1.807, 2.05) is 32.9 Å². The van der Waals surface area contributed by atoms with Crippen LogP contribution in [0.1, 0.15) is 61.3 Å². The summed E-state index contributed by atoms with van der Waals surface area (Å²) in [6.07, 6.45) is 5.24. The zero-order valence-corrected chi connectivity index (χ0v) is 17.0. The van der Waals surface area contributed by atoms with Crippen molar-refractivity contribution in [1.29, 1.82) is 0 Å². The normalized spacial score (nSPS) is 16.0. The van der Waals surface area contributed by atoms with Gasteiger partial charge in [-0.05, 0) is 69.4 Å². The van der Waals surface area contributed by atoms with Crippen molar-refractivity contribution >= 4 is 11.6 Å². The van der Waals surface area contributed by atoms with Crippen molar-refractivity contribution < 1.29 is 9.53 Å². The number of ether oxygens (including phenoxy) is 1. The van der Waals surface area contributed by atoms with Crippen molar-refractivity contribution in [2.75, 3.05) is 11.9 Å². The van der Waals surface area contributed by atoms with E-state index in [2.05, 4.69) is 36.5 Å². The van der Waals surface area contributed by atoms with Crippen LogP contribution in [0.2, 0.25) is 0 Å². The first-order valence-corrected chi connectivity index (χ1v) is 10.1. The molecule has 2 aromatic carbocycles. The highest BCUT2D eigenvalue weighted by Gasteiger charge is 2.41. The number of amides is 1. The van der Waals surface area contributed by atoms with Gasteiger partial charge in [-0.15, -0.1) is 0 Å². The van der Waals surface area contributed by atoms with Crippen LogP contribution >= 0.6 is 0 Å². The maximum atomic E-state index is 13.5. The Labute approximate surface area is 163 Å². The molecule has 0 aliphatic heterocycles. The zero-order valence-electron chi connectivity index (χ0n) is 17.0. The molecule has 1 fully saturated rings. The first-order valence-electron chi connectivity index (χ1n) is 10.1. The lowest BCUT2D eigenvalue weighted by atomic mass is 9.68. The van der Waals surface area contributed by atoms with E-state index in [4.69, 9.17) is 4.74 Å². The summed E-state index contributed by atoms with van der Waals surface area (Å²) in [7, 11) is 0. The van der Waals surface area contributed by atoms with Gasteiger partial charge in [0.25, 0.3) is 0 Å². The number of aryl methyl sites for hydroxylation is 3. The Kier molecular flexibility index (Phi) is 5.88. The molecule has 0 aromatic heterocycles. The van der Waals surface area contributed by atoms with E-state index >= 15 is 0 Å². The maximum absolute atomic E-state index is 13.5. The quantitative estimate of drug-likeness (QED) is 0.721. The average molecular weight is 366 g/mol. The van der Waals surface area contributed by atoms with Gasteiger partial charge in [-0.25, -0.2) is 0 Å². The maximum Gasteiger partial charge on any atom is 0.235 e. The summed E-state index contributed by atoms with van der Waals surface area (Å²) < 4.78 is 5.73. The number of benzene rings is 2. The second-order valence-corrected chi connectivity index (χ2v) is 7.84. The fraction of sp³-hybridized carbons (Fsp3) is 0.458. The third-order valence-electron chi connectivity index (χ3n) is 5.72.